The minimum Gasteiger partial charge on any atom is -0.238 e. The topological polar surface area (TPSA) is 30.2 Å². The minimum atomic E-state index is 0.773. The van der Waals surface area contributed by atoms with Gasteiger partial charge in [0.05, 0.1) is 11.7 Å². The molecule has 11 heavy (non-hydrogen) atoms. The van der Waals surface area contributed by atoms with E-state index in [4.69, 9.17) is 0 Å². The van der Waals surface area contributed by atoms with Crippen LogP contribution in [0.25, 0.3) is 5.52 Å². The molecule has 2 heterocycles. The summed E-state index contributed by atoms with van der Waals surface area (Å²) in [6, 6.07) is 3.91. The molecular formula is C7H6BrN3. The molecule has 0 amide bonds. The number of nitrogens with zero attached hydrogens (tertiary/aromatic N) is 3. The predicted molar refractivity (Wildman–Crippen MR) is 45.4 cm³/mol. The second kappa shape index (κ2) is 2.30. The van der Waals surface area contributed by atoms with Crippen molar-refractivity contribution in [2.45, 2.75) is 6.92 Å². The molecule has 2 aromatic heterocycles. The van der Waals surface area contributed by atoms with Crippen LogP contribution in [0.3, 0.4) is 0 Å². The van der Waals surface area contributed by atoms with Gasteiger partial charge in [0.2, 0.25) is 0 Å². The first-order chi connectivity index (χ1) is 5.27. The summed E-state index contributed by atoms with van der Waals surface area (Å²) in [6.45, 7) is 1.87. The second-order valence-corrected chi connectivity index (χ2v) is 3.11. The zero-order valence-corrected chi connectivity index (χ0v) is 7.54. The van der Waals surface area contributed by atoms with E-state index in [0.29, 0.717) is 0 Å². The van der Waals surface area contributed by atoms with Crippen molar-refractivity contribution in [2.24, 2.45) is 0 Å². The van der Waals surface area contributed by atoms with Crippen LogP contribution in [-0.2, 0) is 0 Å². The molecule has 3 nitrogen and oxygen atoms in total. The zero-order valence-electron chi connectivity index (χ0n) is 5.95. The molecule has 0 radical (unpaired) electrons. The van der Waals surface area contributed by atoms with Crippen molar-refractivity contribution in [1.82, 2.24) is 14.6 Å². The molecule has 0 aliphatic heterocycles. The summed E-state index contributed by atoms with van der Waals surface area (Å²) in [7, 11) is 0. The van der Waals surface area contributed by atoms with Gasteiger partial charge in [-0.3, -0.25) is 0 Å². The maximum atomic E-state index is 4.19. The van der Waals surface area contributed by atoms with Gasteiger partial charge >= 0.3 is 0 Å². The number of hydrogen-bond acceptors (Lipinski definition) is 2. The average Bonchev–Trinajstić information content (AvgIpc) is 2.33. The molecule has 4 heteroatoms. The summed E-state index contributed by atoms with van der Waals surface area (Å²) in [5.74, 6) is 0.773. The van der Waals surface area contributed by atoms with E-state index in [1.165, 1.54) is 0 Å². The molecule has 0 aliphatic rings. The van der Waals surface area contributed by atoms with E-state index >= 15 is 0 Å². The average molecular weight is 212 g/mol. The molecule has 0 saturated heterocycles. The molecule has 2 aromatic rings. The van der Waals surface area contributed by atoms with Crippen LogP contribution >= 0.6 is 15.9 Å². The summed E-state index contributed by atoms with van der Waals surface area (Å²) in [4.78, 5) is 4.07. The summed E-state index contributed by atoms with van der Waals surface area (Å²) in [6.07, 6.45) is 1.80. The van der Waals surface area contributed by atoms with E-state index in [2.05, 4.69) is 26.0 Å². The molecule has 0 aromatic carbocycles. The Morgan fingerprint density at radius 3 is 3.09 bits per heavy atom. The van der Waals surface area contributed by atoms with Gasteiger partial charge in [0, 0.05) is 0 Å². The van der Waals surface area contributed by atoms with Gasteiger partial charge in [-0.1, -0.05) is 0 Å². The van der Waals surface area contributed by atoms with Crippen LogP contribution in [0, 0.1) is 6.92 Å². The van der Waals surface area contributed by atoms with Crippen LogP contribution in [0.15, 0.2) is 22.9 Å². The lowest BCUT2D eigenvalue weighted by Crippen LogP contribution is -1.95. The standard InChI is InChI=1S/C7H6BrN3/c1-5-9-4-6-2-3-7(8)11(6)10-5/h2-4H,1H3. The van der Waals surface area contributed by atoms with Gasteiger partial charge in [-0.2, -0.15) is 5.10 Å². The lowest BCUT2D eigenvalue weighted by atomic mass is 10.5. The SMILES string of the molecule is Cc1ncc2ccc(Br)n2n1. The largest absolute Gasteiger partial charge is 0.238 e. The number of rotatable bonds is 0. The fourth-order valence-corrected chi connectivity index (χ4v) is 1.37. The second-order valence-electron chi connectivity index (χ2n) is 2.30. The maximum absolute atomic E-state index is 4.19. The lowest BCUT2D eigenvalue weighted by molar-refractivity contribution is 0.842. The Kier molecular flexibility index (Phi) is 1.42. The van der Waals surface area contributed by atoms with E-state index in [1.807, 2.05) is 23.6 Å². The minimum absolute atomic E-state index is 0.773. The zero-order chi connectivity index (χ0) is 7.84. The van der Waals surface area contributed by atoms with E-state index in [-0.39, 0.29) is 0 Å². The van der Waals surface area contributed by atoms with Gasteiger partial charge in [0.1, 0.15) is 10.4 Å². The van der Waals surface area contributed by atoms with E-state index in [9.17, 15) is 0 Å². The van der Waals surface area contributed by atoms with Gasteiger partial charge < -0.3 is 0 Å². The Bertz CT molecular complexity index is 393. The van der Waals surface area contributed by atoms with Crippen LogP contribution in [0.4, 0.5) is 0 Å². The first kappa shape index (κ1) is 6.79. The molecule has 0 aliphatic carbocycles. The van der Waals surface area contributed by atoms with Crippen LogP contribution in [0.1, 0.15) is 5.82 Å². The van der Waals surface area contributed by atoms with Crippen molar-refractivity contribution in [1.29, 1.82) is 0 Å². The molecule has 0 atom stereocenters. The molecule has 56 valence electrons. The highest BCUT2D eigenvalue weighted by atomic mass is 79.9. The first-order valence-electron chi connectivity index (χ1n) is 3.24. The Labute approximate surface area is 72.2 Å². The number of aryl methyl sites for hydroxylation is 1. The highest BCUT2D eigenvalue weighted by Gasteiger charge is 1.98. The number of aromatic nitrogens is 3. The van der Waals surface area contributed by atoms with Crippen molar-refractivity contribution < 1.29 is 0 Å². The fraction of sp³-hybridized carbons (Fsp3) is 0.143. The van der Waals surface area contributed by atoms with E-state index < -0.39 is 0 Å². The highest BCUT2D eigenvalue weighted by Crippen LogP contribution is 2.12. The van der Waals surface area contributed by atoms with Crippen molar-refractivity contribution >= 4 is 21.4 Å². The molecule has 0 bridgehead atoms. The number of hydrogen-bond donors (Lipinski definition) is 0. The Balaban J connectivity index is 2.87. The normalized spacial score (nSPS) is 10.7. The summed E-state index contributed by atoms with van der Waals surface area (Å²) in [5, 5.41) is 4.19. The summed E-state index contributed by atoms with van der Waals surface area (Å²) < 4.78 is 2.76. The Morgan fingerprint density at radius 1 is 1.45 bits per heavy atom. The molecule has 0 fully saturated rings. The van der Waals surface area contributed by atoms with Crippen LogP contribution < -0.4 is 0 Å². The Hall–Kier alpha value is -0.900. The monoisotopic (exact) mass is 211 g/mol. The Morgan fingerprint density at radius 2 is 2.27 bits per heavy atom. The van der Waals surface area contributed by atoms with Crippen molar-refractivity contribution in [3.63, 3.8) is 0 Å². The molecule has 2 rings (SSSR count). The number of halogens is 1. The van der Waals surface area contributed by atoms with Crippen LogP contribution in [-0.4, -0.2) is 14.6 Å². The van der Waals surface area contributed by atoms with Crippen molar-refractivity contribution in [3.8, 4) is 0 Å². The molecular weight excluding hydrogens is 206 g/mol. The van der Waals surface area contributed by atoms with Crippen LogP contribution in [0.5, 0.6) is 0 Å². The van der Waals surface area contributed by atoms with Crippen molar-refractivity contribution in [3.05, 3.63) is 28.8 Å². The van der Waals surface area contributed by atoms with E-state index in [0.717, 1.165) is 15.9 Å². The van der Waals surface area contributed by atoms with Gasteiger partial charge in [0.25, 0.3) is 0 Å². The fourth-order valence-electron chi connectivity index (χ4n) is 0.952. The van der Waals surface area contributed by atoms with Gasteiger partial charge in [-0.25, -0.2) is 9.50 Å². The van der Waals surface area contributed by atoms with Gasteiger partial charge in [0.15, 0.2) is 0 Å². The smallest absolute Gasteiger partial charge is 0.146 e. The van der Waals surface area contributed by atoms with E-state index in [1.54, 1.807) is 6.20 Å². The summed E-state index contributed by atoms with van der Waals surface area (Å²) >= 11 is 3.37. The quantitative estimate of drug-likeness (QED) is 0.666. The molecule has 0 spiro atoms. The van der Waals surface area contributed by atoms with Crippen LogP contribution in [0.2, 0.25) is 0 Å². The third-order valence-electron chi connectivity index (χ3n) is 1.47. The predicted octanol–water partition coefficient (Wildman–Crippen LogP) is 1.80. The summed E-state index contributed by atoms with van der Waals surface area (Å²) in [5.41, 5.74) is 1.00. The highest BCUT2D eigenvalue weighted by molar-refractivity contribution is 9.10. The van der Waals surface area contributed by atoms with Gasteiger partial charge in [-0.05, 0) is 35.0 Å². The van der Waals surface area contributed by atoms with Crippen molar-refractivity contribution in [2.75, 3.05) is 0 Å². The third-order valence-corrected chi connectivity index (χ3v) is 2.07. The number of fused-ring (bicyclic) bond motifs is 1. The van der Waals surface area contributed by atoms with Gasteiger partial charge in [-0.15, -0.1) is 0 Å². The third kappa shape index (κ3) is 1.03. The maximum Gasteiger partial charge on any atom is 0.146 e. The lowest BCUT2D eigenvalue weighted by Gasteiger charge is -1.94. The first-order valence-corrected chi connectivity index (χ1v) is 4.03. The molecule has 0 N–H and O–H groups in total. The molecule has 0 saturated carbocycles. The molecule has 0 unspecified atom stereocenters.